The van der Waals surface area contributed by atoms with Crippen LogP contribution < -0.4 is 5.32 Å². The van der Waals surface area contributed by atoms with Crippen LogP contribution in [-0.2, 0) is 10.8 Å². The van der Waals surface area contributed by atoms with Gasteiger partial charge in [-0.3, -0.25) is 4.21 Å². The van der Waals surface area contributed by atoms with Crippen LogP contribution in [0.2, 0.25) is 0 Å². The zero-order chi connectivity index (χ0) is 14.5. The van der Waals surface area contributed by atoms with Crippen molar-refractivity contribution in [1.29, 1.82) is 0 Å². The minimum atomic E-state index is -0.630. The van der Waals surface area contributed by atoms with Crippen LogP contribution in [0.5, 0.6) is 0 Å². The summed E-state index contributed by atoms with van der Waals surface area (Å²) in [6, 6.07) is 0.501. The van der Waals surface area contributed by atoms with E-state index in [2.05, 4.69) is 26.1 Å². The highest BCUT2D eigenvalue weighted by Crippen LogP contribution is 2.35. The average molecular weight is 300 g/mol. The maximum atomic E-state index is 13.1. The van der Waals surface area contributed by atoms with Gasteiger partial charge in [-0.15, -0.1) is 0 Å². The van der Waals surface area contributed by atoms with E-state index in [0.29, 0.717) is 16.5 Å². The standard InChI is InChI=1S/C17H33NOS/c1-4-14-9-10-16(18-5-2)17(12-14)20(19)15-8-6-7-13(3)11-15/h13-18H,4-12H2,1-3H3. The Morgan fingerprint density at radius 3 is 2.55 bits per heavy atom. The van der Waals surface area contributed by atoms with Gasteiger partial charge in [0.05, 0.1) is 5.25 Å². The van der Waals surface area contributed by atoms with Gasteiger partial charge in [-0.25, -0.2) is 0 Å². The molecule has 2 rings (SSSR count). The van der Waals surface area contributed by atoms with E-state index in [-0.39, 0.29) is 0 Å². The maximum absolute atomic E-state index is 13.1. The van der Waals surface area contributed by atoms with E-state index >= 15 is 0 Å². The minimum Gasteiger partial charge on any atom is -0.313 e. The van der Waals surface area contributed by atoms with Gasteiger partial charge in [0, 0.05) is 22.1 Å². The van der Waals surface area contributed by atoms with E-state index in [1.54, 1.807) is 0 Å². The summed E-state index contributed by atoms with van der Waals surface area (Å²) in [5, 5.41) is 4.50. The fraction of sp³-hybridized carbons (Fsp3) is 1.00. The van der Waals surface area contributed by atoms with Crippen molar-refractivity contribution in [2.24, 2.45) is 11.8 Å². The molecule has 0 saturated heterocycles. The molecule has 118 valence electrons. The summed E-state index contributed by atoms with van der Waals surface area (Å²) >= 11 is 0. The molecule has 0 amide bonds. The summed E-state index contributed by atoms with van der Waals surface area (Å²) in [5.41, 5.74) is 0. The van der Waals surface area contributed by atoms with Crippen LogP contribution >= 0.6 is 0 Å². The lowest BCUT2D eigenvalue weighted by atomic mass is 9.84. The fourth-order valence-electron chi connectivity index (χ4n) is 4.17. The minimum absolute atomic E-state index is 0.406. The second-order valence-corrected chi connectivity index (χ2v) is 8.94. The molecule has 0 aliphatic heterocycles. The van der Waals surface area contributed by atoms with Gasteiger partial charge < -0.3 is 5.32 Å². The third-order valence-corrected chi connectivity index (χ3v) is 7.66. The highest BCUT2D eigenvalue weighted by molar-refractivity contribution is 7.86. The van der Waals surface area contributed by atoms with E-state index in [0.717, 1.165) is 18.4 Å². The van der Waals surface area contributed by atoms with Gasteiger partial charge in [-0.1, -0.05) is 40.0 Å². The van der Waals surface area contributed by atoms with E-state index in [9.17, 15) is 4.21 Å². The largest absolute Gasteiger partial charge is 0.313 e. The summed E-state index contributed by atoms with van der Waals surface area (Å²) in [7, 11) is -0.630. The SMILES string of the molecule is CCNC1CCC(CC)CC1S(=O)C1CCCC(C)C1. The molecule has 2 nitrogen and oxygen atoms in total. The molecule has 0 bridgehead atoms. The van der Waals surface area contributed by atoms with Crippen molar-refractivity contribution in [3.63, 3.8) is 0 Å². The van der Waals surface area contributed by atoms with Crippen molar-refractivity contribution >= 4 is 10.8 Å². The normalized spacial score (nSPS) is 40.5. The summed E-state index contributed by atoms with van der Waals surface area (Å²) in [6.45, 7) is 7.81. The maximum Gasteiger partial charge on any atom is 0.0506 e. The van der Waals surface area contributed by atoms with Gasteiger partial charge in [-0.2, -0.15) is 0 Å². The molecule has 6 atom stereocenters. The Balaban J connectivity index is 2.02. The van der Waals surface area contributed by atoms with Gasteiger partial charge in [0.25, 0.3) is 0 Å². The smallest absolute Gasteiger partial charge is 0.0506 e. The van der Waals surface area contributed by atoms with E-state index in [4.69, 9.17) is 0 Å². The molecular weight excluding hydrogens is 266 g/mol. The summed E-state index contributed by atoms with van der Waals surface area (Å²) in [6.07, 6.45) is 10.0. The fourth-order valence-corrected chi connectivity index (χ4v) is 6.60. The molecule has 1 N–H and O–H groups in total. The number of hydrogen-bond acceptors (Lipinski definition) is 2. The van der Waals surface area contributed by atoms with E-state index in [1.165, 1.54) is 51.4 Å². The molecule has 0 heterocycles. The monoisotopic (exact) mass is 299 g/mol. The third-order valence-electron chi connectivity index (χ3n) is 5.46. The van der Waals surface area contributed by atoms with Crippen LogP contribution in [-0.4, -0.2) is 27.3 Å². The topological polar surface area (TPSA) is 29.1 Å². The second-order valence-electron chi connectivity index (χ2n) is 7.01. The van der Waals surface area contributed by atoms with Gasteiger partial charge in [0.15, 0.2) is 0 Å². The van der Waals surface area contributed by atoms with Crippen LogP contribution in [0.1, 0.15) is 72.1 Å². The van der Waals surface area contributed by atoms with Gasteiger partial charge in [-0.05, 0) is 50.5 Å². The Bertz CT molecular complexity index is 320. The summed E-state index contributed by atoms with van der Waals surface area (Å²) in [4.78, 5) is 0. The van der Waals surface area contributed by atoms with Crippen molar-refractivity contribution in [2.45, 2.75) is 88.7 Å². The Morgan fingerprint density at radius 1 is 1.10 bits per heavy atom. The Kier molecular flexibility index (Phi) is 6.54. The first-order valence-corrected chi connectivity index (χ1v) is 10.1. The zero-order valence-electron chi connectivity index (χ0n) is 13.6. The molecular formula is C17H33NOS. The van der Waals surface area contributed by atoms with Gasteiger partial charge >= 0.3 is 0 Å². The molecule has 2 aliphatic carbocycles. The quantitative estimate of drug-likeness (QED) is 0.835. The van der Waals surface area contributed by atoms with Crippen molar-refractivity contribution in [1.82, 2.24) is 5.32 Å². The Labute approximate surface area is 127 Å². The van der Waals surface area contributed by atoms with Gasteiger partial charge in [0.2, 0.25) is 0 Å². The molecule has 0 aromatic rings. The first-order valence-electron chi connectivity index (χ1n) is 8.78. The highest BCUT2D eigenvalue weighted by Gasteiger charge is 2.37. The van der Waals surface area contributed by atoms with Crippen LogP contribution in [0.25, 0.3) is 0 Å². The van der Waals surface area contributed by atoms with Crippen molar-refractivity contribution in [2.75, 3.05) is 6.54 Å². The number of nitrogens with one attached hydrogen (secondary N) is 1. The number of rotatable bonds is 5. The zero-order valence-corrected chi connectivity index (χ0v) is 14.4. The summed E-state index contributed by atoms with van der Waals surface area (Å²) in [5.74, 6) is 1.58. The van der Waals surface area contributed by atoms with Crippen molar-refractivity contribution < 1.29 is 4.21 Å². The highest BCUT2D eigenvalue weighted by atomic mass is 32.2. The molecule has 0 aromatic carbocycles. The van der Waals surface area contributed by atoms with Gasteiger partial charge in [0.1, 0.15) is 0 Å². The molecule has 2 fully saturated rings. The molecule has 0 aromatic heterocycles. The second kappa shape index (κ2) is 7.93. The number of hydrogen-bond donors (Lipinski definition) is 1. The predicted octanol–water partition coefficient (Wildman–Crippen LogP) is 3.87. The van der Waals surface area contributed by atoms with Crippen LogP contribution in [0, 0.1) is 11.8 Å². The first kappa shape index (κ1) is 16.5. The molecule has 20 heavy (non-hydrogen) atoms. The Morgan fingerprint density at radius 2 is 1.90 bits per heavy atom. The Hall–Kier alpha value is 0.110. The van der Waals surface area contributed by atoms with Crippen LogP contribution in [0.4, 0.5) is 0 Å². The molecule has 3 heteroatoms. The van der Waals surface area contributed by atoms with Crippen LogP contribution in [0.15, 0.2) is 0 Å². The third kappa shape index (κ3) is 4.07. The van der Waals surface area contributed by atoms with Crippen molar-refractivity contribution in [3.05, 3.63) is 0 Å². The van der Waals surface area contributed by atoms with Crippen molar-refractivity contribution in [3.8, 4) is 0 Å². The molecule has 0 spiro atoms. The predicted molar refractivity (Wildman–Crippen MR) is 88.4 cm³/mol. The molecule has 2 aliphatic rings. The molecule has 6 unspecified atom stereocenters. The first-order chi connectivity index (χ1) is 9.65. The lowest BCUT2D eigenvalue weighted by Crippen LogP contribution is -2.48. The average Bonchev–Trinajstić information content (AvgIpc) is 2.47. The lowest BCUT2D eigenvalue weighted by Gasteiger charge is -2.39. The molecule has 0 radical (unpaired) electrons. The summed E-state index contributed by atoms with van der Waals surface area (Å²) < 4.78 is 13.1. The van der Waals surface area contributed by atoms with E-state index < -0.39 is 10.8 Å². The molecule has 2 saturated carbocycles. The van der Waals surface area contributed by atoms with E-state index in [1.807, 2.05) is 0 Å². The van der Waals surface area contributed by atoms with Crippen LogP contribution in [0.3, 0.4) is 0 Å². The lowest BCUT2D eigenvalue weighted by molar-refractivity contribution is 0.291.